The van der Waals surface area contributed by atoms with E-state index in [1.165, 1.54) is 44.6 Å². The number of rotatable bonds is 11. The third-order valence-corrected chi connectivity index (χ3v) is 2.76. The number of hydrogen-bond acceptors (Lipinski definition) is 2. The number of hydrogen-bond donors (Lipinski definition) is 1. The maximum absolute atomic E-state index is 10.0. The van der Waals surface area contributed by atoms with Gasteiger partial charge < -0.3 is 5.11 Å². The molecule has 16 heavy (non-hydrogen) atoms. The average Bonchev–Trinajstić information content (AvgIpc) is 2.28. The Morgan fingerprint density at radius 1 is 1.06 bits per heavy atom. The molecule has 1 N–H and O–H groups in total. The highest BCUT2D eigenvalue weighted by Crippen LogP contribution is 2.11. The predicted octanol–water partition coefficient (Wildman–Crippen LogP) is 3.63. The van der Waals surface area contributed by atoms with E-state index < -0.39 is 0 Å². The van der Waals surface area contributed by atoms with Crippen LogP contribution in [0.3, 0.4) is 0 Å². The Morgan fingerprint density at radius 3 is 2.31 bits per heavy atom. The Bertz CT molecular complexity index is 176. The molecule has 94 valence electrons. The van der Waals surface area contributed by atoms with Crippen molar-refractivity contribution in [2.45, 2.75) is 70.8 Å². The van der Waals surface area contributed by atoms with Gasteiger partial charge in [-0.2, -0.15) is 0 Å². The van der Waals surface area contributed by atoms with Crippen LogP contribution in [0.4, 0.5) is 0 Å². The third-order valence-electron chi connectivity index (χ3n) is 2.76. The van der Waals surface area contributed by atoms with Crippen molar-refractivity contribution in [2.24, 2.45) is 0 Å². The summed E-state index contributed by atoms with van der Waals surface area (Å²) < 4.78 is 0. The zero-order valence-corrected chi connectivity index (χ0v) is 10.5. The first-order valence-corrected chi connectivity index (χ1v) is 6.59. The summed E-state index contributed by atoms with van der Waals surface area (Å²) >= 11 is 0. The van der Waals surface area contributed by atoms with E-state index in [2.05, 4.69) is 6.92 Å². The molecule has 2 heteroatoms. The molecule has 0 saturated heterocycles. The van der Waals surface area contributed by atoms with Crippen molar-refractivity contribution in [2.75, 3.05) is 0 Å². The fourth-order valence-corrected chi connectivity index (χ4v) is 1.75. The second kappa shape index (κ2) is 12.4. The van der Waals surface area contributed by atoms with Gasteiger partial charge in [-0.05, 0) is 18.9 Å². The van der Waals surface area contributed by atoms with E-state index in [0.717, 1.165) is 19.1 Å². The lowest BCUT2D eigenvalue weighted by Gasteiger charge is -2.07. The summed E-state index contributed by atoms with van der Waals surface area (Å²) in [5.41, 5.74) is 0. The largest absolute Gasteiger partial charge is 0.393 e. The smallest absolute Gasteiger partial charge is 0.142 e. The molecule has 2 nitrogen and oxygen atoms in total. The summed E-state index contributed by atoms with van der Waals surface area (Å²) in [4.78, 5) is 10.0. The second-order valence-corrected chi connectivity index (χ2v) is 4.36. The van der Waals surface area contributed by atoms with Gasteiger partial charge in [-0.25, -0.2) is 0 Å². The van der Waals surface area contributed by atoms with Crippen molar-refractivity contribution in [1.82, 2.24) is 0 Å². The van der Waals surface area contributed by atoms with Crippen LogP contribution >= 0.6 is 0 Å². The van der Waals surface area contributed by atoms with Crippen molar-refractivity contribution >= 4 is 6.29 Å². The molecule has 0 radical (unpaired) electrons. The van der Waals surface area contributed by atoms with Gasteiger partial charge in [0.15, 0.2) is 0 Å². The Kier molecular flexibility index (Phi) is 11.9. The Balaban J connectivity index is 3.17. The summed E-state index contributed by atoms with van der Waals surface area (Å²) in [6.07, 6.45) is 14.1. The van der Waals surface area contributed by atoms with Gasteiger partial charge in [-0.1, -0.05) is 57.9 Å². The molecule has 0 aliphatic rings. The summed E-state index contributed by atoms with van der Waals surface area (Å²) in [5, 5.41) is 9.55. The van der Waals surface area contributed by atoms with Crippen LogP contribution in [0.2, 0.25) is 0 Å². The highest BCUT2D eigenvalue weighted by atomic mass is 16.3. The fraction of sp³-hybridized carbons (Fsp3) is 0.786. The van der Waals surface area contributed by atoms with Crippen molar-refractivity contribution in [3.63, 3.8) is 0 Å². The minimum Gasteiger partial charge on any atom is -0.393 e. The van der Waals surface area contributed by atoms with E-state index in [1.54, 1.807) is 6.08 Å². The maximum atomic E-state index is 10.0. The predicted molar refractivity (Wildman–Crippen MR) is 68.4 cm³/mol. The lowest BCUT2D eigenvalue weighted by molar-refractivity contribution is -0.104. The van der Waals surface area contributed by atoms with Gasteiger partial charge in [0, 0.05) is 0 Å². The second-order valence-electron chi connectivity index (χ2n) is 4.36. The normalized spacial score (nSPS) is 13.1. The monoisotopic (exact) mass is 226 g/mol. The van der Waals surface area contributed by atoms with E-state index in [4.69, 9.17) is 0 Å². The van der Waals surface area contributed by atoms with Crippen LogP contribution in [-0.4, -0.2) is 17.5 Å². The van der Waals surface area contributed by atoms with Gasteiger partial charge in [-0.15, -0.1) is 0 Å². The number of allylic oxidation sites excluding steroid dienone is 1. The first kappa shape index (κ1) is 15.4. The van der Waals surface area contributed by atoms with E-state index in [-0.39, 0.29) is 6.10 Å². The summed E-state index contributed by atoms with van der Waals surface area (Å²) in [5.74, 6) is 0. The molecular weight excluding hydrogens is 200 g/mol. The molecule has 0 aliphatic heterocycles. The van der Waals surface area contributed by atoms with Crippen molar-refractivity contribution in [3.05, 3.63) is 12.2 Å². The number of aldehydes is 1. The molecule has 0 fully saturated rings. The van der Waals surface area contributed by atoms with Gasteiger partial charge in [0.1, 0.15) is 6.29 Å². The molecule has 0 aliphatic carbocycles. The minimum absolute atomic E-state index is 0.271. The number of unbranched alkanes of at least 4 members (excludes halogenated alkanes) is 6. The molecule has 1 unspecified atom stereocenters. The molecule has 0 rings (SSSR count). The standard InChI is InChI=1S/C14H26O2/c1-2-3-4-5-6-7-8-11-14(16)12-9-10-13-15/h9-10,13-14,16H,2-8,11-12H2,1H3/b10-9+. The summed E-state index contributed by atoms with van der Waals surface area (Å²) in [6.45, 7) is 2.23. The van der Waals surface area contributed by atoms with Gasteiger partial charge in [0.05, 0.1) is 6.10 Å². The molecule has 0 spiro atoms. The van der Waals surface area contributed by atoms with Gasteiger partial charge in [-0.3, -0.25) is 4.79 Å². The Hall–Kier alpha value is -0.630. The SMILES string of the molecule is CCCCCCCCCC(O)C/C=C/C=O. The zero-order valence-electron chi connectivity index (χ0n) is 10.5. The lowest BCUT2D eigenvalue weighted by Crippen LogP contribution is -2.04. The molecule has 0 saturated carbocycles. The average molecular weight is 226 g/mol. The van der Waals surface area contributed by atoms with Crippen LogP contribution in [0.25, 0.3) is 0 Å². The molecule has 0 bridgehead atoms. The molecule has 0 heterocycles. The Labute approximate surface area is 99.7 Å². The number of aliphatic hydroxyl groups is 1. The molecule has 0 amide bonds. The van der Waals surface area contributed by atoms with Crippen LogP contribution < -0.4 is 0 Å². The Morgan fingerprint density at radius 2 is 1.69 bits per heavy atom. The first-order valence-electron chi connectivity index (χ1n) is 6.59. The lowest BCUT2D eigenvalue weighted by atomic mass is 10.0. The quantitative estimate of drug-likeness (QED) is 0.332. The number of carbonyl (C=O) groups excluding carboxylic acids is 1. The highest BCUT2D eigenvalue weighted by Gasteiger charge is 2.00. The molecule has 0 aromatic carbocycles. The van der Waals surface area contributed by atoms with E-state index in [1.807, 2.05) is 0 Å². The van der Waals surface area contributed by atoms with Crippen molar-refractivity contribution in [1.29, 1.82) is 0 Å². The summed E-state index contributed by atoms with van der Waals surface area (Å²) in [6, 6.07) is 0. The molecule has 0 aromatic heterocycles. The van der Waals surface area contributed by atoms with Gasteiger partial charge in [0.2, 0.25) is 0 Å². The van der Waals surface area contributed by atoms with Crippen LogP contribution in [-0.2, 0) is 4.79 Å². The first-order chi connectivity index (χ1) is 7.81. The molecule has 0 aromatic rings. The van der Waals surface area contributed by atoms with Crippen LogP contribution in [0.5, 0.6) is 0 Å². The number of carbonyl (C=O) groups is 1. The van der Waals surface area contributed by atoms with Gasteiger partial charge in [0.25, 0.3) is 0 Å². The van der Waals surface area contributed by atoms with Crippen LogP contribution in [0.15, 0.2) is 12.2 Å². The van der Waals surface area contributed by atoms with Gasteiger partial charge >= 0.3 is 0 Å². The minimum atomic E-state index is -0.271. The number of aliphatic hydroxyl groups excluding tert-OH is 1. The van der Waals surface area contributed by atoms with Crippen molar-refractivity contribution in [3.8, 4) is 0 Å². The topological polar surface area (TPSA) is 37.3 Å². The molecule has 1 atom stereocenters. The fourth-order valence-electron chi connectivity index (χ4n) is 1.75. The maximum Gasteiger partial charge on any atom is 0.142 e. The summed E-state index contributed by atoms with van der Waals surface area (Å²) in [7, 11) is 0. The molecular formula is C14H26O2. The van der Waals surface area contributed by atoms with Crippen molar-refractivity contribution < 1.29 is 9.90 Å². The van der Waals surface area contributed by atoms with Crippen LogP contribution in [0.1, 0.15) is 64.7 Å². The van der Waals surface area contributed by atoms with E-state index in [0.29, 0.717) is 6.42 Å². The van der Waals surface area contributed by atoms with Crippen LogP contribution in [0, 0.1) is 0 Å². The van der Waals surface area contributed by atoms with E-state index in [9.17, 15) is 9.90 Å². The van der Waals surface area contributed by atoms with E-state index >= 15 is 0 Å². The zero-order chi connectivity index (χ0) is 12.1. The third kappa shape index (κ3) is 11.4. The highest BCUT2D eigenvalue weighted by molar-refractivity contribution is 5.64.